The first-order valence-corrected chi connectivity index (χ1v) is 8.33. The molecule has 2 rings (SSSR count). The topological polar surface area (TPSA) is 54.2 Å². The number of alkyl halides is 3. The van der Waals surface area contributed by atoms with Crippen molar-refractivity contribution < 1.29 is 17.6 Å². The summed E-state index contributed by atoms with van der Waals surface area (Å²) in [5.41, 5.74) is -0.507. The number of rotatable bonds is 5. The van der Waals surface area contributed by atoms with Gasteiger partial charge in [0.1, 0.15) is 5.82 Å². The quantitative estimate of drug-likeness (QED) is 0.472. The molecule has 0 aliphatic carbocycles. The number of aryl methyl sites for hydroxylation is 1. The lowest BCUT2D eigenvalue weighted by Gasteiger charge is -2.27. The van der Waals surface area contributed by atoms with E-state index in [-0.39, 0.29) is 17.9 Å². The molecular formula is C18H23F4N5. The number of aromatic nitrogens is 2. The van der Waals surface area contributed by atoms with E-state index in [1.807, 2.05) is 19.9 Å². The SMILES string of the molecule is CN=C(NCc1cn(C)nc1C(F)(F)F)NCC(C)(C)c1cccc(F)c1. The van der Waals surface area contributed by atoms with Crippen molar-refractivity contribution in [2.45, 2.75) is 32.0 Å². The monoisotopic (exact) mass is 385 g/mol. The first-order chi connectivity index (χ1) is 12.5. The minimum Gasteiger partial charge on any atom is -0.356 e. The maximum Gasteiger partial charge on any atom is 0.435 e. The second-order valence-corrected chi connectivity index (χ2v) is 6.85. The number of benzene rings is 1. The predicted octanol–water partition coefficient (Wildman–Crippen LogP) is 3.22. The summed E-state index contributed by atoms with van der Waals surface area (Å²) < 4.78 is 53.6. The second kappa shape index (κ2) is 7.98. The van der Waals surface area contributed by atoms with Crippen molar-refractivity contribution in [2.75, 3.05) is 13.6 Å². The van der Waals surface area contributed by atoms with Gasteiger partial charge in [0, 0.05) is 44.4 Å². The Morgan fingerprint density at radius 2 is 1.93 bits per heavy atom. The molecule has 2 N–H and O–H groups in total. The number of nitrogens with one attached hydrogen (secondary N) is 2. The molecule has 0 amide bonds. The molecule has 0 bridgehead atoms. The predicted molar refractivity (Wildman–Crippen MR) is 95.8 cm³/mol. The zero-order chi connectivity index (χ0) is 20.2. The van der Waals surface area contributed by atoms with Gasteiger partial charge < -0.3 is 10.6 Å². The molecule has 0 spiro atoms. The molecule has 1 heterocycles. The standard InChI is InChI=1S/C18H23F4N5/c1-17(2,13-6-5-7-14(19)8-13)11-25-16(23-3)24-9-12-10-27(4)26-15(12)18(20,21)22/h5-8,10H,9,11H2,1-4H3,(H2,23,24,25). The van der Waals surface area contributed by atoms with Crippen LogP contribution in [0.4, 0.5) is 17.6 Å². The molecule has 5 nitrogen and oxygen atoms in total. The number of aliphatic imine (C=N–C) groups is 1. The molecule has 2 aromatic rings. The van der Waals surface area contributed by atoms with E-state index in [4.69, 9.17) is 0 Å². The van der Waals surface area contributed by atoms with E-state index in [1.165, 1.54) is 32.4 Å². The first-order valence-electron chi connectivity index (χ1n) is 8.33. The van der Waals surface area contributed by atoms with Gasteiger partial charge in [0.15, 0.2) is 11.7 Å². The van der Waals surface area contributed by atoms with Gasteiger partial charge in [0.05, 0.1) is 0 Å². The molecule has 27 heavy (non-hydrogen) atoms. The Balaban J connectivity index is 2.01. The Hall–Kier alpha value is -2.58. The van der Waals surface area contributed by atoms with Crippen LogP contribution in [0.2, 0.25) is 0 Å². The van der Waals surface area contributed by atoms with Gasteiger partial charge in [-0.05, 0) is 17.7 Å². The first kappa shape index (κ1) is 20.7. The van der Waals surface area contributed by atoms with E-state index >= 15 is 0 Å². The van der Waals surface area contributed by atoms with Crippen LogP contribution in [-0.2, 0) is 25.2 Å². The van der Waals surface area contributed by atoms with Gasteiger partial charge >= 0.3 is 6.18 Å². The zero-order valence-electron chi connectivity index (χ0n) is 15.7. The summed E-state index contributed by atoms with van der Waals surface area (Å²) in [5.74, 6) is 0.0239. The molecule has 0 fully saturated rings. The average molecular weight is 385 g/mol. The van der Waals surface area contributed by atoms with Crippen molar-refractivity contribution in [3.05, 3.63) is 53.1 Å². The zero-order valence-corrected chi connectivity index (χ0v) is 15.7. The summed E-state index contributed by atoms with van der Waals surface area (Å²) in [6.07, 6.45) is -3.20. The van der Waals surface area contributed by atoms with Crippen molar-refractivity contribution in [2.24, 2.45) is 12.0 Å². The van der Waals surface area contributed by atoms with Gasteiger partial charge in [0.25, 0.3) is 0 Å². The molecule has 0 unspecified atom stereocenters. The molecule has 0 aliphatic rings. The number of nitrogens with zero attached hydrogens (tertiary/aromatic N) is 3. The van der Waals surface area contributed by atoms with E-state index in [0.717, 1.165) is 10.2 Å². The van der Waals surface area contributed by atoms with E-state index in [0.29, 0.717) is 12.5 Å². The van der Waals surface area contributed by atoms with E-state index in [1.54, 1.807) is 6.07 Å². The molecule has 0 aliphatic heterocycles. The Morgan fingerprint density at radius 1 is 1.22 bits per heavy atom. The fraction of sp³-hybridized carbons (Fsp3) is 0.444. The van der Waals surface area contributed by atoms with Crippen molar-refractivity contribution in [1.29, 1.82) is 0 Å². The molecule has 1 aromatic carbocycles. The third kappa shape index (κ3) is 5.45. The Morgan fingerprint density at radius 3 is 2.52 bits per heavy atom. The highest BCUT2D eigenvalue weighted by atomic mass is 19.4. The summed E-state index contributed by atoms with van der Waals surface area (Å²) in [7, 11) is 2.96. The molecular weight excluding hydrogens is 362 g/mol. The Kier molecular flexibility index (Phi) is 6.12. The minimum absolute atomic E-state index is 0.0253. The lowest BCUT2D eigenvalue weighted by atomic mass is 9.84. The van der Waals surface area contributed by atoms with Gasteiger partial charge in [-0.3, -0.25) is 9.67 Å². The molecule has 148 valence electrons. The Labute approximate surface area is 155 Å². The van der Waals surface area contributed by atoms with Crippen LogP contribution >= 0.6 is 0 Å². The van der Waals surface area contributed by atoms with Crippen molar-refractivity contribution in [3.8, 4) is 0 Å². The van der Waals surface area contributed by atoms with Gasteiger partial charge in [-0.25, -0.2) is 4.39 Å². The molecule has 9 heteroatoms. The summed E-state index contributed by atoms with van der Waals surface area (Å²) in [6.45, 7) is 4.20. The Bertz CT molecular complexity index is 808. The number of guanidine groups is 1. The van der Waals surface area contributed by atoms with Gasteiger partial charge in [0.2, 0.25) is 0 Å². The van der Waals surface area contributed by atoms with Gasteiger partial charge in [-0.2, -0.15) is 18.3 Å². The number of hydrogen-bond donors (Lipinski definition) is 2. The third-order valence-electron chi connectivity index (χ3n) is 4.15. The van der Waals surface area contributed by atoms with Gasteiger partial charge in [-0.15, -0.1) is 0 Å². The third-order valence-corrected chi connectivity index (χ3v) is 4.15. The van der Waals surface area contributed by atoms with Crippen LogP contribution in [0.25, 0.3) is 0 Å². The van der Waals surface area contributed by atoms with E-state index in [2.05, 4.69) is 20.7 Å². The van der Waals surface area contributed by atoms with Crippen LogP contribution in [-0.4, -0.2) is 29.3 Å². The maximum absolute atomic E-state index is 13.5. The maximum atomic E-state index is 13.5. The highest BCUT2D eigenvalue weighted by Crippen LogP contribution is 2.30. The molecule has 0 radical (unpaired) electrons. The van der Waals surface area contributed by atoms with Crippen LogP contribution in [0, 0.1) is 5.82 Å². The van der Waals surface area contributed by atoms with Crippen LogP contribution in [0.5, 0.6) is 0 Å². The highest BCUT2D eigenvalue weighted by molar-refractivity contribution is 5.79. The fourth-order valence-electron chi connectivity index (χ4n) is 2.62. The smallest absolute Gasteiger partial charge is 0.356 e. The summed E-state index contributed by atoms with van der Waals surface area (Å²) in [6, 6.07) is 6.30. The van der Waals surface area contributed by atoms with E-state index in [9.17, 15) is 17.6 Å². The molecule has 0 saturated carbocycles. The average Bonchev–Trinajstić information content (AvgIpc) is 2.96. The normalized spacial score (nSPS) is 13.0. The van der Waals surface area contributed by atoms with Crippen molar-refractivity contribution >= 4 is 5.96 Å². The van der Waals surface area contributed by atoms with E-state index < -0.39 is 17.3 Å². The summed E-state index contributed by atoms with van der Waals surface area (Å²) in [4.78, 5) is 4.03. The van der Waals surface area contributed by atoms with Crippen LogP contribution in [0.1, 0.15) is 30.7 Å². The summed E-state index contributed by atoms with van der Waals surface area (Å²) >= 11 is 0. The number of hydrogen-bond acceptors (Lipinski definition) is 2. The van der Waals surface area contributed by atoms with Crippen molar-refractivity contribution in [3.63, 3.8) is 0 Å². The van der Waals surface area contributed by atoms with Crippen LogP contribution in [0.3, 0.4) is 0 Å². The van der Waals surface area contributed by atoms with Crippen LogP contribution < -0.4 is 10.6 Å². The highest BCUT2D eigenvalue weighted by Gasteiger charge is 2.36. The fourth-order valence-corrected chi connectivity index (χ4v) is 2.62. The van der Waals surface area contributed by atoms with Gasteiger partial charge in [-0.1, -0.05) is 26.0 Å². The van der Waals surface area contributed by atoms with Crippen LogP contribution in [0.15, 0.2) is 35.5 Å². The summed E-state index contributed by atoms with van der Waals surface area (Å²) in [5, 5.41) is 9.40. The van der Waals surface area contributed by atoms with Crippen molar-refractivity contribution in [1.82, 2.24) is 20.4 Å². The largest absolute Gasteiger partial charge is 0.435 e. The molecule has 0 saturated heterocycles. The number of halogens is 4. The molecule has 0 atom stereocenters. The molecule has 1 aromatic heterocycles. The lowest BCUT2D eigenvalue weighted by Crippen LogP contribution is -2.43. The second-order valence-electron chi connectivity index (χ2n) is 6.85. The minimum atomic E-state index is -4.52. The lowest BCUT2D eigenvalue weighted by molar-refractivity contribution is -0.142.